The average Bonchev–Trinajstić information content (AvgIpc) is 3.11. The maximum absolute atomic E-state index is 13.1. The number of furan rings is 1. The van der Waals surface area contributed by atoms with E-state index < -0.39 is 21.3 Å². The lowest BCUT2D eigenvalue weighted by Gasteiger charge is -2.43. The number of allylic oxidation sites excluding steroid dienone is 2. The second kappa shape index (κ2) is 3.92. The number of hydrogen-bond acceptors (Lipinski definition) is 4. The summed E-state index contributed by atoms with van der Waals surface area (Å²) in [5, 5.41) is 0. The summed E-state index contributed by atoms with van der Waals surface area (Å²) in [5.41, 5.74) is 0.140. The average molecular weight is 339 g/mol. The van der Waals surface area contributed by atoms with Crippen molar-refractivity contribution in [3.63, 3.8) is 0 Å². The van der Waals surface area contributed by atoms with Crippen molar-refractivity contribution in [1.82, 2.24) is 0 Å². The highest BCUT2D eigenvalue weighted by molar-refractivity contribution is 6.55. The van der Waals surface area contributed by atoms with Gasteiger partial charge in [-0.3, -0.25) is 14.4 Å². The number of ketones is 3. The van der Waals surface area contributed by atoms with Crippen LogP contribution < -0.4 is 0 Å². The van der Waals surface area contributed by atoms with E-state index in [4.69, 9.17) is 27.6 Å². The minimum atomic E-state index is -1.54. The Labute approximate surface area is 136 Å². The number of Topliss-reactive ketones (excluding diaryl/α,β-unsaturated/α-hetero) is 3. The molecule has 22 heavy (non-hydrogen) atoms. The van der Waals surface area contributed by atoms with E-state index in [1.54, 1.807) is 6.92 Å². The number of carbonyl (C=O) groups excluding carboxylic acids is 3. The summed E-state index contributed by atoms with van der Waals surface area (Å²) in [6.07, 6.45) is 4.24. The van der Waals surface area contributed by atoms with Crippen molar-refractivity contribution in [3.05, 3.63) is 34.8 Å². The van der Waals surface area contributed by atoms with E-state index in [1.807, 2.05) is 12.2 Å². The monoisotopic (exact) mass is 338 g/mol. The largest absolute Gasteiger partial charge is 0.457 e. The summed E-state index contributed by atoms with van der Waals surface area (Å²) in [7, 11) is 0. The summed E-state index contributed by atoms with van der Waals surface area (Å²) < 4.78 is 5.45. The molecule has 4 nitrogen and oxygen atoms in total. The Balaban J connectivity index is 2.07. The van der Waals surface area contributed by atoms with Crippen LogP contribution in [0.25, 0.3) is 0 Å². The number of halogens is 2. The van der Waals surface area contributed by atoms with Gasteiger partial charge in [-0.2, -0.15) is 0 Å². The number of fused-ring (bicyclic) bond motifs is 6. The third-order valence-corrected chi connectivity index (χ3v) is 6.76. The molecule has 0 aliphatic heterocycles. The molecule has 2 bridgehead atoms. The Kier molecular flexibility index (Phi) is 2.54. The number of aryl methyl sites for hydroxylation is 1. The third-order valence-electron chi connectivity index (χ3n) is 5.17. The summed E-state index contributed by atoms with van der Waals surface area (Å²) in [6.45, 7) is 2.89. The summed E-state index contributed by atoms with van der Waals surface area (Å²) in [6, 6.07) is 0. The fourth-order valence-corrected chi connectivity index (χ4v) is 5.14. The van der Waals surface area contributed by atoms with Crippen LogP contribution in [0.3, 0.4) is 0 Å². The van der Waals surface area contributed by atoms with Crippen LogP contribution in [0.1, 0.15) is 50.4 Å². The van der Waals surface area contributed by atoms with Crippen LogP contribution in [-0.2, 0) is 0 Å². The SMILES string of the molecule is CC(=O)c1c(C)oc2c1C(=O)C1(Cl)C3C=CC(C3)C1(Cl)C2=O. The molecule has 0 radical (unpaired) electrons. The maximum atomic E-state index is 13.1. The van der Waals surface area contributed by atoms with Crippen LogP contribution in [0.4, 0.5) is 0 Å². The van der Waals surface area contributed by atoms with Crippen LogP contribution in [0.15, 0.2) is 16.6 Å². The lowest BCUT2D eigenvalue weighted by Crippen LogP contribution is -2.62. The predicted molar refractivity (Wildman–Crippen MR) is 80.0 cm³/mol. The second-order valence-electron chi connectivity index (χ2n) is 6.21. The third kappa shape index (κ3) is 1.23. The molecule has 4 atom stereocenters. The molecule has 6 heteroatoms. The van der Waals surface area contributed by atoms with Gasteiger partial charge in [0.25, 0.3) is 0 Å². The Bertz CT molecular complexity index is 805. The first-order valence-corrected chi connectivity index (χ1v) is 7.80. The smallest absolute Gasteiger partial charge is 0.222 e. The molecule has 1 aromatic heterocycles. The molecule has 1 saturated carbocycles. The van der Waals surface area contributed by atoms with Crippen LogP contribution >= 0.6 is 23.2 Å². The molecule has 3 aliphatic rings. The van der Waals surface area contributed by atoms with Gasteiger partial charge < -0.3 is 4.42 Å². The molecule has 1 aromatic rings. The molecule has 0 saturated heterocycles. The van der Waals surface area contributed by atoms with Crippen molar-refractivity contribution >= 4 is 40.6 Å². The van der Waals surface area contributed by atoms with Gasteiger partial charge in [-0.15, -0.1) is 23.2 Å². The van der Waals surface area contributed by atoms with Crippen molar-refractivity contribution in [2.24, 2.45) is 11.8 Å². The van der Waals surface area contributed by atoms with Gasteiger partial charge in [-0.1, -0.05) is 12.2 Å². The lowest BCUT2D eigenvalue weighted by molar-refractivity contribution is 0.0754. The fraction of sp³-hybridized carbons (Fsp3) is 0.438. The fourth-order valence-electron chi connectivity index (χ4n) is 4.19. The molecule has 114 valence electrons. The van der Waals surface area contributed by atoms with E-state index >= 15 is 0 Å². The highest BCUT2D eigenvalue weighted by atomic mass is 35.5. The number of hydrogen-bond donors (Lipinski definition) is 0. The van der Waals surface area contributed by atoms with Gasteiger partial charge in [0.2, 0.25) is 5.78 Å². The first kappa shape index (κ1) is 14.2. The van der Waals surface area contributed by atoms with Gasteiger partial charge in [-0.25, -0.2) is 0 Å². The highest BCUT2D eigenvalue weighted by Gasteiger charge is 2.75. The number of rotatable bonds is 1. The Morgan fingerprint density at radius 2 is 1.73 bits per heavy atom. The zero-order valence-electron chi connectivity index (χ0n) is 11.9. The van der Waals surface area contributed by atoms with Gasteiger partial charge in [-0.05, 0) is 20.3 Å². The summed E-state index contributed by atoms with van der Waals surface area (Å²) in [5.74, 6) is -1.78. The van der Waals surface area contributed by atoms with Gasteiger partial charge in [0.05, 0.1) is 11.1 Å². The molecule has 0 spiro atoms. The zero-order valence-corrected chi connectivity index (χ0v) is 13.4. The second-order valence-corrected chi connectivity index (χ2v) is 7.40. The minimum absolute atomic E-state index is 0.00206. The molecule has 1 fully saturated rings. The standard InChI is InChI=1S/C16H12Cl2O4/c1-6(19)10-7(2)22-12-11(10)13(20)15(17)8-3-4-9(5-8)16(15,18)14(12)21/h3-4,8-9H,5H2,1-2H3. The van der Waals surface area contributed by atoms with Gasteiger partial charge in [0, 0.05) is 11.8 Å². The van der Waals surface area contributed by atoms with Crippen molar-refractivity contribution in [1.29, 1.82) is 0 Å². The van der Waals surface area contributed by atoms with Crippen LogP contribution in [0.5, 0.6) is 0 Å². The molecule has 4 rings (SSSR count). The van der Waals surface area contributed by atoms with Gasteiger partial charge >= 0.3 is 0 Å². The molecule has 3 aliphatic carbocycles. The minimum Gasteiger partial charge on any atom is -0.457 e. The van der Waals surface area contributed by atoms with Gasteiger partial charge in [0.15, 0.2) is 17.3 Å². The van der Waals surface area contributed by atoms with Crippen molar-refractivity contribution < 1.29 is 18.8 Å². The molecule has 0 N–H and O–H groups in total. The van der Waals surface area contributed by atoms with Crippen molar-refractivity contribution in [2.45, 2.75) is 30.0 Å². The van der Waals surface area contributed by atoms with Gasteiger partial charge in [0.1, 0.15) is 15.5 Å². The number of alkyl halides is 2. The molecule has 1 heterocycles. The lowest BCUT2D eigenvalue weighted by atomic mass is 9.69. The van der Waals surface area contributed by atoms with Crippen LogP contribution in [0.2, 0.25) is 0 Å². The first-order valence-electron chi connectivity index (χ1n) is 7.04. The van der Waals surface area contributed by atoms with Crippen LogP contribution in [0, 0.1) is 18.8 Å². The van der Waals surface area contributed by atoms with Crippen molar-refractivity contribution in [2.75, 3.05) is 0 Å². The Morgan fingerprint density at radius 1 is 1.18 bits per heavy atom. The Morgan fingerprint density at radius 3 is 2.27 bits per heavy atom. The van der Waals surface area contributed by atoms with Crippen LogP contribution in [-0.4, -0.2) is 27.1 Å². The topological polar surface area (TPSA) is 64.3 Å². The first-order chi connectivity index (χ1) is 10.2. The summed E-state index contributed by atoms with van der Waals surface area (Å²) >= 11 is 13.3. The Hall–Kier alpha value is -1.39. The quantitative estimate of drug-likeness (QED) is 0.447. The molecule has 0 aromatic carbocycles. The molecular formula is C16H12Cl2O4. The van der Waals surface area contributed by atoms with E-state index in [2.05, 4.69) is 0 Å². The van der Waals surface area contributed by atoms with E-state index in [9.17, 15) is 14.4 Å². The van der Waals surface area contributed by atoms with E-state index in [1.165, 1.54) is 6.92 Å². The molecule has 4 unspecified atom stereocenters. The zero-order chi connectivity index (χ0) is 16.0. The van der Waals surface area contributed by atoms with E-state index in [0.29, 0.717) is 6.42 Å². The molecule has 0 amide bonds. The summed E-state index contributed by atoms with van der Waals surface area (Å²) in [4.78, 5) is 34.8. The highest BCUT2D eigenvalue weighted by Crippen LogP contribution is 2.64. The normalized spacial score (nSPS) is 38.4. The number of carbonyl (C=O) groups is 3. The van der Waals surface area contributed by atoms with E-state index in [-0.39, 0.29) is 40.3 Å². The predicted octanol–water partition coefficient (Wildman–Crippen LogP) is 3.33. The van der Waals surface area contributed by atoms with Crippen molar-refractivity contribution in [3.8, 4) is 0 Å². The molecular weight excluding hydrogens is 327 g/mol. The van der Waals surface area contributed by atoms with E-state index in [0.717, 1.165) is 0 Å². The maximum Gasteiger partial charge on any atom is 0.222 e.